The molecular weight excluding hydrogens is 388 g/mol. The smallest absolute Gasteiger partial charge is 0.351 e. The maximum atomic E-state index is 12.6. The number of rotatable bonds is 7. The Hall–Kier alpha value is -3.56. The van der Waals surface area contributed by atoms with Crippen LogP contribution >= 0.6 is 0 Å². The monoisotopic (exact) mass is 412 g/mol. The summed E-state index contributed by atoms with van der Waals surface area (Å²) in [6, 6.07) is 7.23. The first kappa shape index (κ1) is 21.2. The molecule has 1 unspecified atom stereocenters. The van der Waals surface area contributed by atoms with E-state index in [1.807, 2.05) is 32.9 Å². The molecule has 30 heavy (non-hydrogen) atoms. The van der Waals surface area contributed by atoms with E-state index in [1.54, 1.807) is 12.1 Å². The number of aryl methyl sites for hydroxylation is 2. The number of amides is 1. The first-order valence-corrected chi connectivity index (χ1v) is 9.69. The minimum Gasteiger partial charge on any atom is -0.354 e. The van der Waals surface area contributed by atoms with Gasteiger partial charge in [-0.3, -0.25) is 14.2 Å². The third kappa shape index (κ3) is 4.53. The van der Waals surface area contributed by atoms with Crippen LogP contribution in [0.4, 0.5) is 0 Å². The molecular formula is C20H24N6O4. The summed E-state index contributed by atoms with van der Waals surface area (Å²) in [5.74, 6) is 0.0566. The molecule has 10 heteroatoms. The van der Waals surface area contributed by atoms with E-state index >= 15 is 0 Å². The maximum absolute atomic E-state index is 12.6. The second-order valence-corrected chi connectivity index (χ2v) is 7.13. The Morgan fingerprint density at radius 1 is 1.23 bits per heavy atom. The molecule has 2 heterocycles. The molecule has 158 valence electrons. The summed E-state index contributed by atoms with van der Waals surface area (Å²) >= 11 is 0. The van der Waals surface area contributed by atoms with Crippen molar-refractivity contribution in [3.05, 3.63) is 56.6 Å². The summed E-state index contributed by atoms with van der Waals surface area (Å²) in [6.45, 7) is 5.84. The Balaban J connectivity index is 1.88. The Morgan fingerprint density at radius 3 is 2.60 bits per heavy atom. The lowest BCUT2D eigenvalue weighted by molar-refractivity contribution is -0.121. The second kappa shape index (κ2) is 8.85. The summed E-state index contributed by atoms with van der Waals surface area (Å²) in [5.41, 5.74) is 0.199. The zero-order valence-corrected chi connectivity index (χ0v) is 17.4. The molecule has 0 fully saturated rings. The number of hydrogen-bond donors (Lipinski definition) is 1. The molecule has 10 nitrogen and oxygen atoms in total. The molecule has 0 radical (unpaired) electrons. The number of nitrogens with one attached hydrogen (secondary N) is 1. The molecule has 3 rings (SSSR count). The van der Waals surface area contributed by atoms with Crippen molar-refractivity contribution in [1.82, 2.24) is 29.8 Å². The number of aromatic nitrogens is 5. The molecule has 1 N–H and O–H groups in total. The SMILES string of the molecule is CCC(C)NC(=O)CCc1nc(-c2nn(-c3ccc(C)cc3)c(=O)n(C)c2=O)no1. The molecule has 0 aliphatic rings. The van der Waals surface area contributed by atoms with E-state index in [-0.39, 0.29) is 42.2 Å². The van der Waals surface area contributed by atoms with Gasteiger partial charge in [-0.2, -0.15) is 14.8 Å². The van der Waals surface area contributed by atoms with Gasteiger partial charge in [-0.05, 0) is 32.4 Å². The predicted molar refractivity (Wildman–Crippen MR) is 109 cm³/mol. The van der Waals surface area contributed by atoms with Crippen molar-refractivity contribution in [1.29, 1.82) is 0 Å². The molecule has 0 aliphatic carbocycles. The summed E-state index contributed by atoms with van der Waals surface area (Å²) < 4.78 is 7.23. The number of carbonyl (C=O) groups excluding carboxylic acids is 1. The van der Waals surface area contributed by atoms with Crippen LogP contribution in [0.5, 0.6) is 0 Å². The summed E-state index contributed by atoms with van der Waals surface area (Å²) in [5, 5.41) is 10.8. The van der Waals surface area contributed by atoms with Gasteiger partial charge >= 0.3 is 5.69 Å². The van der Waals surface area contributed by atoms with Crippen LogP contribution < -0.4 is 16.6 Å². The molecule has 0 aliphatic heterocycles. The maximum Gasteiger partial charge on any atom is 0.351 e. The Labute approximate surface area is 172 Å². The van der Waals surface area contributed by atoms with E-state index in [2.05, 4.69) is 20.6 Å². The zero-order valence-electron chi connectivity index (χ0n) is 17.4. The standard InChI is InChI=1S/C20H24N6O4/c1-5-13(3)21-15(27)10-11-16-22-18(24-30-16)17-19(28)25(4)20(29)26(23-17)14-8-6-12(2)7-9-14/h6-9,13H,5,10-11H2,1-4H3,(H,21,27). The van der Waals surface area contributed by atoms with Crippen molar-refractivity contribution < 1.29 is 9.32 Å². The molecule has 3 aromatic rings. The number of nitrogens with zero attached hydrogens (tertiary/aromatic N) is 5. The van der Waals surface area contributed by atoms with Crippen LogP contribution in [0.1, 0.15) is 38.1 Å². The largest absolute Gasteiger partial charge is 0.354 e. The minimum atomic E-state index is -0.634. The van der Waals surface area contributed by atoms with Gasteiger partial charge in [0, 0.05) is 25.9 Å². The first-order chi connectivity index (χ1) is 14.3. The highest BCUT2D eigenvalue weighted by Crippen LogP contribution is 2.11. The van der Waals surface area contributed by atoms with E-state index in [4.69, 9.17) is 4.52 Å². The Morgan fingerprint density at radius 2 is 1.93 bits per heavy atom. The van der Waals surface area contributed by atoms with Crippen LogP contribution in [0, 0.1) is 6.92 Å². The van der Waals surface area contributed by atoms with Crippen LogP contribution in [-0.4, -0.2) is 36.4 Å². The topological polar surface area (TPSA) is 125 Å². The van der Waals surface area contributed by atoms with Gasteiger partial charge in [-0.15, -0.1) is 0 Å². The number of hydrogen-bond acceptors (Lipinski definition) is 7. The number of benzene rings is 1. The van der Waals surface area contributed by atoms with E-state index in [0.29, 0.717) is 5.69 Å². The highest BCUT2D eigenvalue weighted by molar-refractivity contribution is 5.76. The number of carbonyl (C=O) groups is 1. The van der Waals surface area contributed by atoms with E-state index in [9.17, 15) is 14.4 Å². The van der Waals surface area contributed by atoms with E-state index < -0.39 is 11.2 Å². The quantitative estimate of drug-likeness (QED) is 0.617. The van der Waals surface area contributed by atoms with E-state index in [1.165, 1.54) is 7.05 Å². The summed E-state index contributed by atoms with van der Waals surface area (Å²) in [7, 11) is 1.36. The van der Waals surface area contributed by atoms with Crippen LogP contribution in [0.3, 0.4) is 0 Å². The lowest BCUT2D eigenvalue weighted by Crippen LogP contribution is -2.40. The fourth-order valence-electron chi connectivity index (χ4n) is 2.69. The van der Waals surface area contributed by atoms with Gasteiger partial charge in [0.25, 0.3) is 5.56 Å². The van der Waals surface area contributed by atoms with Gasteiger partial charge in [0.1, 0.15) is 0 Å². The van der Waals surface area contributed by atoms with Crippen molar-refractivity contribution in [3.8, 4) is 17.2 Å². The van der Waals surface area contributed by atoms with Crippen molar-refractivity contribution in [2.45, 2.75) is 46.1 Å². The van der Waals surface area contributed by atoms with Crippen LogP contribution in [0.25, 0.3) is 17.2 Å². The molecule has 1 aromatic carbocycles. The third-order valence-corrected chi connectivity index (χ3v) is 4.72. The first-order valence-electron chi connectivity index (χ1n) is 9.69. The van der Waals surface area contributed by atoms with Crippen LogP contribution in [0.2, 0.25) is 0 Å². The summed E-state index contributed by atoms with van der Waals surface area (Å²) in [4.78, 5) is 41.2. The van der Waals surface area contributed by atoms with Crippen LogP contribution in [0.15, 0.2) is 38.4 Å². The highest BCUT2D eigenvalue weighted by Gasteiger charge is 2.19. The lowest BCUT2D eigenvalue weighted by atomic mass is 10.2. The summed E-state index contributed by atoms with van der Waals surface area (Å²) in [6.07, 6.45) is 1.25. The second-order valence-electron chi connectivity index (χ2n) is 7.13. The van der Waals surface area contributed by atoms with Crippen LogP contribution in [-0.2, 0) is 18.3 Å². The molecule has 1 amide bonds. The van der Waals surface area contributed by atoms with Gasteiger partial charge in [0.2, 0.25) is 17.6 Å². The molecule has 0 bridgehead atoms. The van der Waals surface area contributed by atoms with Gasteiger partial charge in [0.05, 0.1) is 5.69 Å². The van der Waals surface area contributed by atoms with Gasteiger partial charge < -0.3 is 9.84 Å². The molecule has 0 saturated heterocycles. The average molecular weight is 412 g/mol. The molecule has 0 spiro atoms. The predicted octanol–water partition coefficient (Wildman–Crippen LogP) is 1.14. The molecule has 0 saturated carbocycles. The molecule has 2 aromatic heterocycles. The van der Waals surface area contributed by atoms with Crippen molar-refractivity contribution in [3.63, 3.8) is 0 Å². The molecule has 1 atom stereocenters. The zero-order chi connectivity index (χ0) is 21.8. The van der Waals surface area contributed by atoms with E-state index in [0.717, 1.165) is 21.2 Å². The van der Waals surface area contributed by atoms with Gasteiger partial charge in [0.15, 0.2) is 5.69 Å². The highest BCUT2D eigenvalue weighted by atomic mass is 16.5. The van der Waals surface area contributed by atoms with Crippen molar-refractivity contribution in [2.75, 3.05) is 0 Å². The van der Waals surface area contributed by atoms with Crippen molar-refractivity contribution in [2.24, 2.45) is 7.05 Å². The fourth-order valence-corrected chi connectivity index (χ4v) is 2.69. The lowest BCUT2D eigenvalue weighted by Gasteiger charge is -2.10. The third-order valence-electron chi connectivity index (χ3n) is 4.72. The fraction of sp³-hybridized carbons (Fsp3) is 0.400. The van der Waals surface area contributed by atoms with Gasteiger partial charge in [-0.25, -0.2) is 4.79 Å². The van der Waals surface area contributed by atoms with Gasteiger partial charge in [-0.1, -0.05) is 29.8 Å². The minimum absolute atomic E-state index is 0.0335. The normalized spacial score (nSPS) is 12.0. The Bertz CT molecular complexity index is 1160. The Kier molecular flexibility index (Phi) is 6.24. The van der Waals surface area contributed by atoms with Crippen molar-refractivity contribution >= 4 is 5.91 Å². The average Bonchev–Trinajstić information content (AvgIpc) is 3.20.